The summed E-state index contributed by atoms with van der Waals surface area (Å²) in [6, 6.07) is 7.83. The lowest BCUT2D eigenvalue weighted by Gasteiger charge is -2.28. The lowest BCUT2D eigenvalue weighted by molar-refractivity contribution is 0.585. The number of pyridine rings is 1. The van der Waals surface area contributed by atoms with Gasteiger partial charge in [0.1, 0.15) is 11.6 Å². The Bertz CT molecular complexity index is 851. The van der Waals surface area contributed by atoms with Gasteiger partial charge in [-0.3, -0.25) is 4.72 Å². The summed E-state index contributed by atoms with van der Waals surface area (Å²) in [5, 5.41) is 3.26. The molecule has 25 heavy (non-hydrogen) atoms. The second kappa shape index (κ2) is 7.37. The topological polar surface area (TPSA) is 74.3 Å². The van der Waals surface area contributed by atoms with Crippen molar-refractivity contribution < 1.29 is 12.8 Å². The maximum atomic E-state index is 13.9. The van der Waals surface area contributed by atoms with Crippen LogP contribution < -0.4 is 14.9 Å². The van der Waals surface area contributed by atoms with Crippen LogP contribution in [0.25, 0.3) is 0 Å². The van der Waals surface area contributed by atoms with E-state index < -0.39 is 21.6 Å². The van der Waals surface area contributed by atoms with E-state index >= 15 is 0 Å². The number of benzene rings is 1. The third-order valence-electron chi connectivity index (χ3n) is 4.01. The summed E-state index contributed by atoms with van der Waals surface area (Å²) in [7, 11) is -3.72. The number of hydrogen-bond acceptors (Lipinski definition) is 5. The van der Waals surface area contributed by atoms with Crippen LogP contribution >= 0.6 is 0 Å². The molecule has 0 aliphatic carbocycles. The highest BCUT2D eigenvalue weighted by Gasteiger charge is 2.17. The van der Waals surface area contributed by atoms with Gasteiger partial charge in [0.2, 0.25) is 10.0 Å². The second-order valence-electron chi connectivity index (χ2n) is 6.10. The third kappa shape index (κ3) is 4.67. The predicted molar refractivity (Wildman–Crippen MR) is 96.7 cm³/mol. The molecule has 0 unspecified atom stereocenters. The number of nitrogens with one attached hydrogen (secondary N) is 2. The molecule has 1 aliphatic rings. The van der Waals surface area contributed by atoms with Gasteiger partial charge in [0, 0.05) is 44.0 Å². The molecule has 0 spiro atoms. The highest BCUT2D eigenvalue weighted by atomic mass is 32.2. The zero-order valence-corrected chi connectivity index (χ0v) is 14.8. The largest absolute Gasteiger partial charge is 0.354 e. The van der Waals surface area contributed by atoms with Gasteiger partial charge in [-0.25, -0.2) is 17.8 Å². The first-order valence-corrected chi connectivity index (χ1v) is 9.75. The summed E-state index contributed by atoms with van der Waals surface area (Å²) in [6.07, 6.45) is 1.57. The van der Waals surface area contributed by atoms with E-state index in [2.05, 4.69) is 19.9 Å². The number of halogens is 1. The summed E-state index contributed by atoms with van der Waals surface area (Å²) in [6.45, 7) is 5.12. The van der Waals surface area contributed by atoms with E-state index in [0.717, 1.165) is 37.6 Å². The number of sulfonamides is 1. The number of piperazine rings is 1. The van der Waals surface area contributed by atoms with Crippen molar-refractivity contribution >= 4 is 21.5 Å². The van der Waals surface area contributed by atoms with Crippen molar-refractivity contribution in [2.75, 3.05) is 35.8 Å². The summed E-state index contributed by atoms with van der Waals surface area (Å²) in [5.41, 5.74) is 1.33. The van der Waals surface area contributed by atoms with E-state index in [1.165, 1.54) is 12.1 Å². The number of aryl methyl sites for hydroxylation is 1. The summed E-state index contributed by atoms with van der Waals surface area (Å²) in [5.74, 6) is -0.199. The Kier molecular flexibility index (Phi) is 5.19. The van der Waals surface area contributed by atoms with E-state index in [1.807, 2.05) is 0 Å². The molecule has 0 atom stereocenters. The number of nitrogens with zero attached hydrogens (tertiary/aromatic N) is 2. The number of hydrogen-bond donors (Lipinski definition) is 2. The molecular formula is C17H21FN4O2S. The third-order valence-corrected chi connectivity index (χ3v) is 5.25. The Morgan fingerprint density at radius 2 is 2.00 bits per heavy atom. The smallest absolute Gasteiger partial charge is 0.237 e. The molecular weight excluding hydrogens is 343 g/mol. The first kappa shape index (κ1) is 17.6. The quantitative estimate of drug-likeness (QED) is 0.847. The molecule has 0 saturated carbocycles. The normalized spacial score (nSPS) is 15.2. The SMILES string of the molecule is Cc1ccc(CS(=O)(=O)Nc2ccnc(N3CCNCC3)c2)c(F)c1. The van der Waals surface area contributed by atoms with E-state index in [4.69, 9.17) is 0 Å². The van der Waals surface area contributed by atoms with Gasteiger partial charge in [0.25, 0.3) is 0 Å². The van der Waals surface area contributed by atoms with Crippen LogP contribution in [-0.4, -0.2) is 39.6 Å². The summed E-state index contributed by atoms with van der Waals surface area (Å²) >= 11 is 0. The molecule has 0 amide bonds. The van der Waals surface area contributed by atoms with Crippen LogP contribution in [0, 0.1) is 12.7 Å². The lowest BCUT2D eigenvalue weighted by Crippen LogP contribution is -2.43. The van der Waals surface area contributed by atoms with E-state index in [0.29, 0.717) is 5.69 Å². The van der Waals surface area contributed by atoms with Crippen LogP contribution in [0.4, 0.5) is 15.9 Å². The Morgan fingerprint density at radius 3 is 2.72 bits per heavy atom. The maximum absolute atomic E-state index is 13.9. The Morgan fingerprint density at radius 1 is 1.24 bits per heavy atom. The number of aromatic nitrogens is 1. The molecule has 134 valence electrons. The predicted octanol–water partition coefficient (Wildman–Crippen LogP) is 1.88. The van der Waals surface area contributed by atoms with Crippen LogP contribution in [0.3, 0.4) is 0 Å². The highest BCUT2D eigenvalue weighted by molar-refractivity contribution is 7.91. The van der Waals surface area contributed by atoms with Crippen LogP contribution in [0.15, 0.2) is 36.5 Å². The fourth-order valence-corrected chi connectivity index (χ4v) is 3.94. The van der Waals surface area contributed by atoms with E-state index in [1.54, 1.807) is 31.3 Å². The molecule has 1 fully saturated rings. The van der Waals surface area contributed by atoms with E-state index in [9.17, 15) is 12.8 Å². The van der Waals surface area contributed by atoms with Crippen molar-refractivity contribution in [3.05, 3.63) is 53.5 Å². The lowest BCUT2D eigenvalue weighted by atomic mass is 10.2. The molecule has 0 bridgehead atoms. The van der Waals surface area contributed by atoms with Crippen molar-refractivity contribution in [3.63, 3.8) is 0 Å². The first-order chi connectivity index (χ1) is 11.9. The molecule has 2 aromatic rings. The van der Waals surface area contributed by atoms with Gasteiger partial charge in [-0.2, -0.15) is 0 Å². The minimum atomic E-state index is -3.72. The molecule has 2 heterocycles. The molecule has 1 aromatic carbocycles. The maximum Gasteiger partial charge on any atom is 0.237 e. The highest BCUT2D eigenvalue weighted by Crippen LogP contribution is 2.20. The second-order valence-corrected chi connectivity index (χ2v) is 7.82. The van der Waals surface area contributed by atoms with Crippen LogP contribution in [0.1, 0.15) is 11.1 Å². The Balaban J connectivity index is 1.74. The van der Waals surface area contributed by atoms with Crippen molar-refractivity contribution in [2.45, 2.75) is 12.7 Å². The molecule has 8 heteroatoms. The van der Waals surface area contributed by atoms with Crippen molar-refractivity contribution in [2.24, 2.45) is 0 Å². The minimum absolute atomic E-state index is 0.148. The Hall–Kier alpha value is -2.19. The molecule has 1 aromatic heterocycles. The summed E-state index contributed by atoms with van der Waals surface area (Å²) in [4.78, 5) is 6.40. The van der Waals surface area contributed by atoms with Gasteiger partial charge in [0.15, 0.2) is 0 Å². The van der Waals surface area contributed by atoms with Crippen LogP contribution in [0.2, 0.25) is 0 Å². The van der Waals surface area contributed by atoms with Gasteiger partial charge in [0.05, 0.1) is 11.4 Å². The fraction of sp³-hybridized carbons (Fsp3) is 0.353. The number of anilines is 2. The summed E-state index contributed by atoms with van der Waals surface area (Å²) < 4.78 is 41.2. The molecule has 6 nitrogen and oxygen atoms in total. The fourth-order valence-electron chi connectivity index (χ4n) is 2.74. The van der Waals surface area contributed by atoms with E-state index in [-0.39, 0.29) is 5.56 Å². The molecule has 1 aliphatic heterocycles. The van der Waals surface area contributed by atoms with Crippen LogP contribution in [0.5, 0.6) is 0 Å². The number of rotatable bonds is 5. The zero-order chi connectivity index (χ0) is 17.9. The standard InChI is InChI=1S/C17H21FN4O2S/c1-13-2-3-14(16(18)10-13)12-25(23,24)21-15-4-5-20-17(11-15)22-8-6-19-7-9-22/h2-5,10-11,19H,6-9,12H2,1H3,(H,20,21). The van der Waals surface area contributed by atoms with Gasteiger partial charge in [-0.1, -0.05) is 12.1 Å². The van der Waals surface area contributed by atoms with Gasteiger partial charge in [-0.05, 0) is 24.6 Å². The Labute approximate surface area is 147 Å². The molecule has 0 radical (unpaired) electrons. The minimum Gasteiger partial charge on any atom is -0.354 e. The van der Waals surface area contributed by atoms with Crippen molar-refractivity contribution in [1.29, 1.82) is 0 Å². The first-order valence-electron chi connectivity index (χ1n) is 8.10. The molecule has 2 N–H and O–H groups in total. The monoisotopic (exact) mass is 364 g/mol. The average Bonchev–Trinajstić information content (AvgIpc) is 2.58. The van der Waals surface area contributed by atoms with Crippen molar-refractivity contribution in [1.82, 2.24) is 10.3 Å². The van der Waals surface area contributed by atoms with Gasteiger partial charge in [-0.15, -0.1) is 0 Å². The molecule has 3 rings (SSSR count). The molecule has 1 saturated heterocycles. The van der Waals surface area contributed by atoms with Crippen LogP contribution in [-0.2, 0) is 15.8 Å². The zero-order valence-electron chi connectivity index (χ0n) is 14.0. The van der Waals surface area contributed by atoms with Crippen molar-refractivity contribution in [3.8, 4) is 0 Å². The van der Waals surface area contributed by atoms with Gasteiger partial charge >= 0.3 is 0 Å². The average molecular weight is 364 g/mol. The van der Waals surface area contributed by atoms with Gasteiger partial charge < -0.3 is 10.2 Å².